The van der Waals surface area contributed by atoms with Crippen LogP contribution in [0.15, 0.2) is 66.7 Å². The summed E-state index contributed by atoms with van der Waals surface area (Å²) in [5.74, 6) is 0.860. The van der Waals surface area contributed by atoms with Crippen LogP contribution in [0.4, 0.5) is 16.2 Å². The van der Waals surface area contributed by atoms with Crippen LogP contribution >= 0.6 is 23.2 Å². The van der Waals surface area contributed by atoms with E-state index in [0.29, 0.717) is 59.2 Å². The molecule has 192 valence electrons. The normalized spacial score (nSPS) is 19.3. The molecular weight excluding hydrogens is 517 g/mol. The number of benzene rings is 3. The highest BCUT2D eigenvalue weighted by molar-refractivity contribution is 6.35. The molecule has 3 amide bonds. The van der Waals surface area contributed by atoms with Gasteiger partial charge in [0, 0.05) is 29.5 Å². The minimum Gasteiger partial charge on any atom is -0.497 e. The van der Waals surface area contributed by atoms with E-state index in [1.165, 1.54) is 0 Å². The zero-order chi connectivity index (χ0) is 25.9. The Hall–Kier alpha value is -3.46. The number of morpholine rings is 1. The lowest BCUT2D eigenvalue weighted by Gasteiger charge is -2.46. The Bertz CT molecular complexity index is 1280. The maximum Gasteiger partial charge on any atom is 0.321 e. The summed E-state index contributed by atoms with van der Waals surface area (Å²) in [7, 11) is 1.59. The number of methoxy groups -OCH3 is 1. The molecule has 2 aliphatic rings. The first-order chi connectivity index (χ1) is 17.9. The van der Waals surface area contributed by atoms with Gasteiger partial charge in [-0.25, -0.2) is 4.79 Å². The van der Waals surface area contributed by atoms with Crippen molar-refractivity contribution in [3.8, 4) is 11.5 Å². The molecule has 2 aliphatic heterocycles. The number of amides is 3. The topological polar surface area (TPSA) is 80.3 Å². The Morgan fingerprint density at radius 2 is 1.70 bits per heavy atom. The molecule has 0 aromatic heterocycles. The van der Waals surface area contributed by atoms with Crippen LogP contribution in [0.2, 0.25) is 10.0 Å². The molecule has 1 N–H and O–H groups in total. The first kappa shape index (κ1) is 25.2. The van der Waals surface area contributed by atoms with Crippen molar-refractivity contribution in [3.05, 3.63) is 82.3 Å². The summed E-state index contributed by atoms with van der Waals surface area (Å²) in [4.78, 5) is 29.2. The lowest BCUT2D eigenvalue weighted by molar-refractivity contribution is -0.135. The largest absolute Gasteiger partial charge is 0.497 e. The Balaban J connectivity index is 1.39. The van der Waals surface area contributed by atoms with Gasteiger partial charge < -0.3 is 24.4 Å². The number of halogens is 2. The Labute approximate surface area is 224 Å². The van der Waals surface area contributed by atoms with Gasteiger partial charge in [0.1, 0.15) is 17.5 Å². The van der Waals surface area contributed by atoms with Crippen LogP contribution < -0.4 is 19.7 Å². The molecule has 0 spiro atoms. The van der Waals surface area contributed by atoms with Crippen molar-refractivity contribution in [2.24, 2.45) is 0 Å². The van der Waals surface area contributed by atoms with Crippen LogP contribution in [0, 0.1) is 0 Å². The van der Waals surface area contributed by atoms with E-state index in [9.17, 15) is 9.59 Å². The fraction of sp³-hybridized carbons (Fsp3) is 0.259. The van der Waals surface area contributed by atoms with Crippen molar-refractivity contribution in [2.75, 3.05) is 43.6 Å². The third-order valence-corrected chi connectivity index (χ3v) is 6.88. The number of nitrogens with one attached hydrogen (secondary N) is 1. The molecule has 0 saturated carbocycles. The van der Waals surface area contributed by atoms with Crippen molar-refractivity contribution in [3.63, 3.8) is 0 Å². The van der Waals surface area contributed by atoms with E-state index >= 15 is 0 Å². The van der Waals surface area contributed by atoms with Crippen LogP contribution in [0.1, 0.15) is 11.6 Å². The third-order valence-electron chi connectivity index (χ3n) is 6.35. The number of ether oxygens (including phenoxy) is 3. The highest BCUT2D eigenvalue weighted by Gasteiger charge is 2.51. The van der Waals surface area contributed by atoms with Crippen LogP contribution in [0.25, 0.3) is 0 Å². The van der Waals surface area contributed by atoms with Crippen molar-refractivity contribution in [1.29, 1.82) is 0 Å². The van der Waals surface area contributed by atoms with Crippen LogP contribution in [0.5, 0.6) is 11.5 Å². The first-order valence-electron chi connectivity index (χ1n) is 11.8. The van der Waals surface area contributed by atoms with E-state index in [1.807, 2.05) is 36.4 Å². The monoisotopic (exact) mass is 541 g/mol. The third kappa shape index (κ3) is 5.32. The molecule has 3 aromatic carbocycles. The quantitative estimate of drug-likeness (QED) is 0.422. The number of carbonyl (C=O) groups is 2. The molecule has 0 bridgehead atoms. The average molecular weight is 542 g/mol. The molecule has 2 heterocycles. The second-order valence-corrected chi connectivity index (χ2v) is 9.46. The summed E-state index contributed by atoms with van der Waals surface area (Å²) in [5.41, 5.74) is 2.21. The van der Waals surface area contributed by atoms with Crippen molar-refractivity contribution in [1.82, 2.24) is 4.90 Å². The van der Waals surface area contributed by atoms with Crippen LogP contribution in [-0.2, 0) is 9.53 Å². The lowest BCUT2D eigenvalue weighted by Crippen LogP contribution is -2.61. The minimum absolute atomic E-state index is 0.173. The van der Waals surface area contributed by atoms with Gasteiger partial charge in [0.25, 0.3) is 5.91 Å². The predicted octanol–water partition coefficient (Wildman–Crippen LogP) is 5.40. The fourth-order valence-electron chi connectivity index (χ4n) is 4.37. The van der Waals surface area contributed by atoms with Gasteiger partial charge in [-0.2, -0.15) is 0 Å². The standard InChI is InChI=1S/C27H25Cl2N3O5/c1-35-21-9-7-20(8-10-21)32-24(25(26(32)33)37-23-11-4-18(28)16-22(23)29)17-2-5-19(6-3-17)30-27(34)31-12-14-36-15-13-31/h2-11,16,24-25H,12-15H2,1H3,(H,30,34)/t24-,25+/m1/s1. The Morgan fingerprint density at radius 3 is 2.35 bits per heavy atom. The fourth-order valence-corrected chi connectivity index (χ4v) is 4.83. The van der Waals surface area contributed by atoms with Crippen molar-refractivity contribution in [2.45, 2.75) is 12.1 Å². The molecule has 0 aliphatic carbocycles. The summed E-state index contributed by atoms with van der Waals surface area (Å²) in [6, 6.07) is 18.9. The number of hydrogen-bond donors (Lipinski definition) is 1. The molecule has 10 heteroatoms. The second kappa shape index (κ2) is 10.9. The average Bonchev–Trinajstić information content (AvgIpc) is 2.92. The number of urea groups is 1. The predicted molar refractivity (Wildman–Crippen MR) is 142 cm³/mol. The zero-order valence-corrected chi connectivity index (χ0v) is 21.5. The summed E-state index contributed by atoms with van der Waals surface area (Å²) in [6.45, 7) is 2.17. The summed E-state index contributed by atoms with van der Waals surface area (Å²) in [6.07, 6.45) is -0.797. The minimum atomic E-state index is -0.797. The van der Waals surface area contributed by atoms with Gasteiger partial charge in [-0.15, -0.1) is 0 Å². The van der Waals surface area contributed by atoms with E-state index < -0.39 is 12.1 Å². The Kier molecular flexibility index (Phi) is 7.41. The van der Waals surface area contributed by atoms with E-state index in [2.05, 4.69) is 5.32 Å². The first-order valence-corrected chi connectivity index (χ1v) is 12.5. The zero-order valence-electron chi connectivity index (χ0n) is 20.0. The molecule has 3 aromatic rings. The van der Waals surface area contributed by atoms with E-state index in [-0.39, 0.29) is 11.9 Å². The van der Waals surface area contributed by atoms with Crippen molar-refractivity contribution >= 4 is 46.5 Å². The highest BCUT2D eigenvalue weighted by Crippen LogP contribution is 2.43. The van der Waals surface area contributed by atoms with Crippen LogP contribution in [0.3, 0.4) is 0 Å². The summed E-state index contributed by atoms with van der Waals surface area (Å²) >= 11 is 12.3. The number of hydrogen-bond acceptors (Lipinski definition) is 5. The van der Waals surface area contributed by atoms with Gasteiger partial charge in [0.15, 0.2) is 0 Å². The number of anilines is 2. The molecule has 2 saturated heterocycles. The molecule has 2 atom stereocenters. The number of β-lactam (4-membered cyclic amide) rings is 1. The van der Waals surface area contributed by atoms with E-state index in [0.717, 1.165) is 5.56 Å². The molecular formula is C27H25Cl2N3O5. The SMILES string of the molecule is COc1ccc(N2C(=O)[C@@H](Oc3ccc(Cl)cc3Cl)[C@H]2c2ccc(NC(=O)N3CCOCC3)cc2)cc1. The summed E-state index contributed by atoms with van der Waals surface area (Å²) in [5, 5.41) is 3.72. The lowest BCUT2D eigenvalue weighted by atomic mass is 9.89. The highest BCUT2D eigenvalue weighted by atomic mass is 35.5. The number of nitrogens with zero attached hydrogens (tertiary/aromatic N) is 2. The van der Waals surface area contributed by atoms with E-state index in [4.69, 9.17) is 37.4 Å². The van der Waals surface area contributed by atoms with Gasteiger partial charge >= 0.3 is 6.03 Å². The maximum absolute atomic E-state index is 13.3. The summed E-state index contributed by atoms with van der Waals surface area (Å²) < 4.78 is 16.7. The number of rotatable bonds is 6. The van der Waals surface area contributed by atoms with Gasteiger partial charge in [0.05, 0.1) is 25.3 Å². The molecule has 8 nitrogen and oxygen atoms in total. The smallest absolute Gasteiger partial charge is 0.321 e. The van der Waals surface area contributed by atoms with Gasteiger partial charge in [-0.1, -0.05) is 35.3 Å². The van der Waals surface area contributed by atoms with Crippen LogP contribution in [-0.4, -0.2) is 56.4 Å². The van der Waals surface area contributed by atoms with Gasteiger partial charge in [-0.05, 0) is 60.2 Å². The molecule has 2 fully saturated rings. The van der Waals surface area contributed by atoms with Crippen molar-refractivity contribution < 1.29 is 23.8 Å². The van der Waals surface area contributed by atoms with Gasteiger partial charge in [-0.3, -0.25) is 9.69 Å². The number of carbonyl (C=O) groups excluding carboxylic acids is 2. The Morgan fingerprint density at radius 1 is 1.00 bits per heavy atom. The molecule has 0 radical (unpaired) electrons. The van der Waals surface area contributed by atoms with Gasteiger partial charge in [0.2, 0.25) is 6.10 Å². The molecule has 0 unspecified atom stereocenters. The maximum atomic E-state index is 13.3. The molecule has 5 rings (SSSR count). The second-order valence-electron chi connectivity index (χ2n) is 8.62. The molecule has 37 heavy (non-hydrogen) atoms. The van der Waals surface area contributed by atoms with E-state index in [1.54, 1.807) is 47.2 Å².